The van der Waals surface area contributed by atoms with Crippen LogP contribution in [0.15, 0.2) is 35.2 Å². The molecular formula is C26H33F2N5OS. The molecule has 0 aromatic heterocycles. The molecular weight excluding hydrogens is 468 g/mol. The number of benzene rings is 2. The summed E-state index contributed by atoms with van der Waals surface area (Å²) >= 11 is 1.66. The molecule has 2 aromatic carbocycles. The third-order valence-electron chi connectivity index (χ3n) is 7.86. The van der Waals surface area contributed by atoms with E-state index >= 15 is 0 Å². The van der Waals surface area contributed by atoms with Gasteiger partial charge in [-0.05, 0) is 67.7 Å². The van der Waals surface area contributed by atoms with Gasteiger partial charge in [-0.1, -0.05) is 0 Å². The quantitative estimate of drug-likeness (QED) is 0.374. The number of carbonyl (C=O) groups is 1. The lowest BCUT2D eigenvalue weighted by atomic mass is 9.93. The van der Waals surface area contributed by atoms with Crippen molar-refractivity contribution in [2.45, 2.75) is 49.3 Å². The second-order valence-corrected chi connectivity index (χ2v) is 11.0. The SMILES string of the molecule is CSc1ccc(C(=O)Nc2cc(N)c(N)c(N3CCC(F)(F)CC3)c2)c(N2CCC3(CC2)CC3)c1. The average Bonchev–Trinajstić information content (AvgIpc) is 3.60. The van der Waals surface area contributed by atoms with Crippen LogP contribution >= 0.6 is 11.8 Å². The molecule has 0 radical (unpaired) electrons. The number of hydrogen-bond donors (Lipinski definition) is 3. The summed E-state index contributed by atoms with van der Waals surface area (Å²) in [6, 6.07) is 9.31. The molecule has 1 aliphatic carbocycles. The number of rotatable bonds is 5. The topological polar surface area (TPSA) is 87.6 Å². The minimum Gasteiger partial charge on any atom is -0.397 e. The number of amides is 1. The fraction of sp³-hybridized carbons (Fsp3) is 0.500. The van der Waals surface area contributed by atoms with Crippen LogP contribution < -0.4 is 26.6 Å². The lowest BCUT2D eigenvalue weighted by molar-refractivity contribution is -0.0220. The van der Waals surface area contributed by atoms with Crippen LogP contribution in [0.25, 0.3) is 0 Å². The van der Waals surface area contributed by atoms with Crippen molar-refractivity contribution < 1.29 is 13.6 Å². The molecule has 2 aliphatic heterocycles. The Kier molecular flexibility index (Phi) is 6.23. The van der Waals surface area contributed by atoms with E-state index in [9.17, 15) is 13.6 Å². The summed E-state index contributed by atoms with van der Waals surface area (Å²) in [6.45, 7) is 2.28. The van der Waals surface area contributed by atoms with Crippen LogP contribution in [-0.2, 0) is 0 Å². The second kappa shape index (κ2) is 9.08. The molecule has 2 aromatic rings. The molecule has 5 rings (SSSR count). The van der Waals surface area contributed by atoms with Crippen LogP contribution in [0.1, 0.15) is 48.9 Å². The zero-order chi connectivity index (χ0) is 24.8. The van der Waals surface area contributed by atoms with E-state index < -0.39 is 5.92 Å². The maximum absolute atomic E-state index is 13.7. The number of anilines is 5. The smallest absolute Gasteiger partial charge is 0.257 e. The van der Waals surface area contributed by atoms with Crippen LogP contribution in [-0.4, -0.2) is 44.3 Å². The van der Waals surface area contributed by atoms with E-state index in [1.54, 1.807) is 23.9 Å². The third-order valence-corrected chi connectivity index (χ3v) is 8.58. The van der Waals surface area contributed by atoms with Crippen molar-refractivity contribution in [1.82, 2.24) is 0 Å². The van der Waals surface area contributed by atoms with Crippen LogP contribution in [0.4, 0.5) is 37.2 Å². The number of alkyl halides is 2. The van der Waals surface area contributed by atoms with E-state index in [-0.39, 0.29) is 31.8 Å². The molecule has 0 bridgehead atoms. The fourth-order valence-electron chi connectivity index (χ4n) is 5.26. The molecule has 5 N–H and O–H groups in total. The predicted octanol–water partition coefficient (Wildman–Crippen LogP) is 5.44. The van der Waals surface area contributed by atoms with Gasteiger partial charge in [-0.15, -0.1) is 11.8 Å². The number of piperidine rings is 2. The first kappa shape index (κ1) is 24.0. The summed E-state index contributed by atoms with van der Waals surface area (Å²) < 4.78 is 27.3. The zero-order valence-electron chi connectivity index (χ0n) is 20.1. The van der Waals surface area contributed by atoms with E-state index in [1.165, 1.54) is 25.7 Å². The Bertz CT molecular complexity index is 1120. The number of carbonyl (C=O) groups excluding carboxylic acids is 1. The molecule has 3 aliphatic rings. The van der Waals surface area contributed by atoms with Crippen molar-refractivity contribution in [3.8, 4) is 0 Å². The minimum atomic E-state index is -2.66. The Morgan fingerprint density at radius 1 is 0.914 bits per heavy atom. The largest absolute Gasteiger partial charge is 0.397 e. The molecule has 0 atom stereocenters. The predicted molar refractivity (Wildman–Crippen MR) is 141 cm³/mol. The Hall–Kier alpha value is -2.68. The van der Waals surface area contributed by atoms with E-state index in [0.717, 1.165) is 23.7 Å². The van der Waals surface area contributed by atoms with Crippen LogP contribution in [0.5, 0.6) is 0 Å². The van der Waals surface area contributed by atoms with Gasteiger partial charge in [-0.25, -0.2) is 8.78 Å². The van der Waals surface area contributed by atoms with E-state index in [0.29, 0.717) is 33.7 Å². The normalized spacial score (nSPS) is 20.7. The summed E-state index contributed by atoms with van der Waals surface area (Å²) in [5.41, 5.74) is 16.2. The van der Waals surface area contributed by atoms with Crippen LogP contribution in [0, 0.1) is 5.41 Å². The van der Waals surface area contributed by atoms with Crippen LogP contribution in [0.3, 0.4) is 0 Å². The first-order chi connectivity index (χ1) is 16.7. The zero-order valence-corrected chi connectivity index (χ0v) is 20.9. The van der Waals surface area contributed by atoms with E-state index in [4.69, 9.17) is 11.5 Å². The van der Waals surface area contributed by atoms with Crippen molar-refractivity contribution in [3.05, 3.63) is 35.9 Å². The van der Waals surface area contributed by atoms with Gasteiger partial charge >= 0.3 is 0 Å². The summed E-state index contributed by atoms with van der Waals surface area (Å²) in [6.07, 6.45) is 6.57. The third kappa shape index (κ3) is 5.01. The van der Waals surface area contributed by atoms with Gasteiger partial charge < -0.3 is 26.6 Å². The molecule has 188 valence electrons. The molecule has 1 saturated carbocycles. The van der Waals surface area contributed by atoms with Gasteiger partial charge in [0.1, 0.15) is 0 Å². The first-order valence-corrected chi connectivity index (χ1v) is 13.5. The van der Waals surface area contributed by atoms with Crippen molar-refractivity contribution in [2.75, 3.05) is 59.0 Å². The maximum Gasteiger partial charge on any atom is 0.257 e. The number of nitrogens with zero attached hydrogens (tertiary/aromatic N) is 2. The fourth-order valence-corrected chi connectivity index (χ4v) is 5.69. The first-order valence-electron chi connectivity index (χ1n) is 12.2. The van der Waals surface area contributed by atoms with E-state index in [2.05, 4.69) is 16.3 Å². The Balaban J connectivity index is 1.38. The highest BCUT2D eigenvalue weighted by molar-refractivity contribution is 7.98. The second-order valence-electron chi connectivity index (χ2n) is 10.2. The van der Waals surface area contributed by atoms with Gasteiger partial charge in [-0.2, -0.15) is 0 Å². The van der Waals surface area contributed by atoms with Crippen LogP contribution in [0.2, 0.25) is 0 Å². The minimum absolute atomic E-state index is 0.185. The molecule has 35 heavy (non-hydrogen) atoms. The van der Waals surface area contributed by atoms with E-state index in [1.807, 2.05) is 23.3 Å². The monoisotopic (exact) mass is 501 g/mol. The summed E-state index contributed by atoms with van der Waals surface area (Å²) in [4.78, 5) is 18.7. The summed E-state index contributed by atoms with van der Waals surface area (Å²) in [7, 11) is 0. The molecule has 1 spiro atoms. The molecule has 3 fully saturated rings. The molecule has 6 nitrogen and oxygen atoms in total. The van der Waals surface area contributed by atoms with Gasteiger partial charge in [0.15, 0.2) is 0 Å². The van der Waals surface area contributed by atoms with Crippen molar-refractivity contribution in [3.63, 3.8) is 0 Å². The Morgan fingerprint density at radius 2 is 1.54 bits per heavy atom. The molecule has 2 heterocycles. The number of hydrogen-bond acceptors (Lipinski definition) is 6. The van der Waals surface area contributed by atoms with Gasteiger partial charge in [-0.3, -0.25) is 4.79 Å². The Labute approximate surface area is 209 Å². The van der Waals surface area contributed by atoms with Gasteiger partial charge in [0.2, 0.25) is 0 Å². The lowest BCUT2D eigenvalue weighted by Gasteiger charge is -2.35. The highest BCUT2D eigenvalue weighted by atomic mass is 32.2. The highest BCUT2D eigenvalue weighted by Crippen LogP contribution is 2.54. The molecule has 2 saturated heterocycles. The highest BCUT2D eigenvalue weighted by Gasteiger charge is 2.44. The van der Waals surface area contributed by atoms with Gasteiger partial charge in [0.25, 0.3) is 11.8 Å². The van der Waals surface area contributed by atoms with Crippen molar-refractivity contribution in [2.24, 2.45) is 5.41 Å². The summed E-state index contributed by atoms with van der Waals surface area (Å²) in [5.74, 6) is -2.88. The molecule has 1 amide bonds. The van der Waals surface area contributed by atoms with Crippen molar-refractivity contribution in [1.29, 1.82) is 0 Å². The average molecular weight is 502 g/mol. The summed E-state index contributed by atoms with van der Waals surface area (Å²) in [5, 5.41) is 2.98. The number of nitrogens with one attached hydrogen (secondary N) is 1. The lowest BCUT2D eigenvalue weighted by Crippen LogP contribution is -2.39. The number of halogens is 2. The van der Waals surface area contributed by atoms with Gasteiger partial charge in [0, 0.05) is 49.6 Å². The molecule has 0 unspecified atom stereocenters. The Morgan fingerprint density at radius 3 is 2.17 bits per heavy atom. The number of thioether (sulfide) groups is 1. The van der Waals surface area contributed by atoms with Crippen molar-refractivity contribution >= 4 is 46.1 Å². The standard InChI is InChI=1S/C26H33F2N5OS/c1-35-18-2-3-19(21(16-18)32-10-6-25(4-5-25)7-11-32)24(34)31-17-14-20(29)23(30)22(15-17)33-12-8-26(27,28)9-13-33/h2-3,14-16H,4-13,29-30H2,1H3,(H,31,34). The number of nitrogens with two attached hydrogens (primary N) is 2. The number of nitrogen functional groups attached to an aromatic ring is 2. The maximum atomic E-state index is 13.7. The molecule has 9 heteroatoms. The van der Waals surface area contributed by atoms with Gasteiger partial charge in [0.05, 0.1) is 28.3 Å².